The standard InChI is InChI=1S/C34H37N2O5P/c37-23-29-15-11-27(12-16-29)21-35-31(19-25-7-3-1-4-8-25)33(39)34-32(20-26-9-5-2-6-10-26)36(42(35,40)41-34)22-28-13-17-30(24-38)18-14-28/h1-18,31-34,37-39H,19-24H2/t31-,32-,33+,34+,42?/m1/s1. The molecular weight excluding hydrogens is 547 g/mol. The highest BCUT2D eigenvalue weighted by Gasteiger charge is 2.62. The van der Waals surface area contributed by atoms with Crippen molar-refractivity contribution in [3.63, 3.8) is 0 Å². The molecule has 2 bridgehead atoms. The zero-order valence-corrected chi connectivity index (χ0v) is 24.3. The van der Waals surface area contributed by atoms with Crippen molar-refractivity contribution in [2.75, 3.05) is 0 Å². The largest absolute Gasteiger partial charge is 0.392 e. The molecule has 3 N–H and O–H groups in total. The summed E-state index contributed by atoms with van der Waals surface area (Å²) < 4.78 is 25.7. The van der Waals surface area contributed by atoms with Gasteiger partial charge < -0.3 is 15.3 Å². The van der Waals surface area contributed by atoms with Crippen LogP contribution in [-0.4, -0.2) is 49.0 Å². The first-order chi connectivity index (χ1) is 20.5. The van der Waals surface area contributed by atoms with E-state index in [2.05, 4.69) is 12.1 Å². The molecule has 2 aliphatic rings. The van der Waals surface area contributed by atoms with E-state index < -0.39 is 25.9 Å². The fourth-order valence-corrected chi connectivity index (χ4v) is 9.16. The number of nitrogens with zero attached hydrogens (tertiary/aromatic N) is 2. The molecule has 218 valence electrons. The van der Waals surface area contributed by atoms with E-state index >= 15 is 4.57 Å². The highest BCUT2D eigenvalue weighted by molar-refractivity contribution is 7.54. The number of aliphatic hydroxyl groups is 3. The summed E-state index contributed by atoms with van der Waals surface area (Å²) in [7, 11) is -3.62. The molecule has 7 nitrogen and oxygen atoms in total. The van der Waals surface area contributed by atoms with Gasteiger partial charge in [0.15, 0.2) is 0 Å². The smallest absolute Gasteiger partial charge is 0.347 e. The molecule has 0 amide bonds. The maximum absolute atomic E-state index is 15.3. The SMILES string of the molecule is O=P12O[C@H]([C@@H](O)[C@@H](Cc3ccccc3)N1Cc1ccc(CO)cc1)[C@@H](Cc1ccccc1)N2Cc1ccc(CO)cc1. The quantitative estimate of drug-likeness (QED) is 0.224. The van der Waals surface area contributed by atoms with Gasteiger partial charge in [-0.1, -0.05) is 109 Å². The van der Waals surface area contributed by atoms with Crippen LogP contribution >= 0.6 is 7.67 Å². The molecule has 0 radical (unpaired) electrons. The molecule has 4 aromatic carbocycles. The first-order valence-electron chi connectivity index (χ1n) is 14.4. The summed E-state index contributed by atoms with van der Waals surface area (Å²) >= 11 is 0. The van der Waals surface area contributed by atoms with Gasteiger partial charge in [-0.05, 0) is 46.2 Å². The Morgan fingerprint density at radius 3 is 1.43 bits per heavy atom. The second-order valence-electron chi connectivity index (χ2n) is 11.2. The van der Waals surface area contributed by atoms with Gasteiger partial charge in [-0.15, -0.1) is 0 Å². The Morgan fingerprint density at radius 2 is 0.976 bits per heavy atom. The fourth-order valence-electron chi connectivity index (χ4n) is 6.17. The average molecular weight is 585 g/mol. The first-order valence-corrected chi connectivity index (χ1v) is 16.0. The highest BCUT2D eigenvalue weighted by Crippen LogP contribution is 2.67. The Balaban J connectivity index is 1.42. The van der Waals surface area contributed by atoms with Gasteiger partial charge >= 0.3 is 7.67 Å². The lowest BCUT2D eigenvalue weighted by Gasteiger charge is -2.43. The van der Waals surface area contributed by atoms with Gasteiger partial charge in [0.25, 0.3) is 0 Å². The Kier molecular flexibility index (Phi) is 8.70. The van der Waals surface area contributed by atoms with Crippen LogP contribution in [0.2, 0.25) is 0 Å². The van der Waals surface area contributed by atoms with Gasteiger partial charge in [0.05, 0.1) is 31.4 Å². The number of fused-ring (bicyclic) bond motifs is 2. The molecule has 2 heterocycles. The summed E-state index contributed by atoms with van der Waals surface area (Å²) in [6, 6.07) is 34.6. The lowest BCUT2D eigenvalue weighted by atomic mass is 9.91. The van der Waals surface area contributed by atoms with Crippen LogP contribution in [0, 0.1) is 0 Å². The molecule has 0 aliphatic carbocycles. The van der Waals surface area contributed by atoms with Crippen molar-refractivity contribution in [1.82, 2.24) is 9.34 Å². The van der Waals surface area contributed by atoms with E-state index in [9.17, 15) is 15.3 Å². The molecule has 8 heteroatoms. The number of aliphatic hydroxyl groups excluding tert-OH is 3. The second-order valence-corrected chi connectivity index (χ2v) is 13.4. The Morgan fingerprint density at radius 1 is 0.571 bits per heavy atom. The molecule has 0 saturated carbocycles. The minimum absolute atomic E-state index is 0.0412. The molecule has 4 aromatic rings. The molecular formula is C34H37N2O5P. The van der Waals surface area contributed by atoms with Crippen LogP contribution in [0.3, 0.4) is 0 Å². The van der Waals surface area contributed by atoms with Crippen molar-refractivity contribution in [2.45, 2.75) is 63.4 Å². The van der Waals surface area contributed by atoms with Crippen LogP contribution in [-0.2, 0) is 48.2 Å². The van der Waals surface area contributed by atoms with Gasteiger partial charge in [-0.3, -0.25) is 9.09 Å². The molecule has 0 spiro atoms. The summed E-state index contributed by atoms with van der Waals surface area (Å²) in [6.07, 6.45) is -0.398. The topological polar surface area (TPSA) is 93.5 Å². The lowest BCUT2D eigenvalue weighted by Crippen LogP contribution is -2.53. The third-order valence-electron chi connectivity index (χ3n) is 8.46. The monoisotopic (exact) mass is 584 g/mol. The maximum Gasteiger partial charge on any atom is 0.347 e. The summed E-state index contributed by atoms with van der Waals surface area (Å²) in [5.41, 5.74) is 5.64. The maximum atomic E-state index is 15.3. The van der Waals surface area contributed by atoms with E-state index in [-0.39, 0.29) is 19.3 Å². The minimum Gasteiger partial charge on any atom is -0.392 e. The van der Waals surface area contributed by atoms with E-state index in [0.29, 0.717) is 25.9 Å². The Labute approximate surface area is 247 Å². The Hall–Kier alpha value is -3.13. The number of rotatable bonds is 10. The van der Waals surface area contributed by atoms with Gasteiger partial charge in [0.2, 0.25) is 0 Å². The van der Waals surface area contributed by atoms with Crippen LogP contribution in [0.4, 0.5) is 0 Å². The normalized spacial score (nSPS) is 26.0. The van der Waals surface area contributed by atoms with Crippen molar-refractivity contribution in [2.24, 2.45) is 0 Å². The van der Waals surface area contributed by atoms with E-state index in [0.717, 1.165) is 33.4 Å². The third-order valence-corrected chi connectivity index (χ3v) is 11.2. The van der Waals surface area contributed by atoms with Crippen molar-refractivity contribution in [1.29, 1.82) is 0 Å². The van der Waals surface area contributed by atoms with Crippen molar-refractivity contribution in [3.8, 4) is 0 Å². The molecule has 0 aromatic heterocycles. The predicted octanol–water partition coefficient (Wildman–Crippen LogP) is 5.08. The van der Waals surface area contributed by atoms with E-state index in [1.165, 1.54) is 0 Å². The van der Waals surface area contributed by atoms with Crippen molar-refractivity contribution in [3.05, 3.63) is 143 Å². The van der Waals surface area contributed by atoms with Gasteiger partial charge in [-0.25, -0.2) is 9.34 Å². The van der Waals surface area contributed by atoms with Crippen LogP contribution < -0.4 is 0 Å². The zero-order valence-electron chi connectivity index (χ0n) is 23.4. The van der Waals surface area contributed by atoms with Crippen molar-refractivity contribution >= 4 is 7.67 Å². The summed E-state index contributed by atoms with van der Waals surface area (Å²) in [5, 5.41) is 31.1. The van der Waals surface area contributed by atoms with Crippen molar-refractivity contribution < 1.29 is 24.4 Å². The van der Waals surface area contributed by atoms with E-state index in [4.69, 9.17) is 4.52 Å². The van der Waals surface area contributed by atoms with Gasteiger partial charge in [0, 0.05) is 13.1 Å². The summed E-state index contributed by atoms with van der Waals surface area (Å²) in [4.78, 5) is 0. The zero-order chi connectivity index (χ0) is 29.1. The first kappa shape index (κ1) is 29.0. The fraction of sp³-hybridized carbons (Fsp3) is 0.294. The molecule has 6 rings (SSSR count). The van der Waals surface area contributed by atoms with Gasteiger partial charge in [-0.2, -0.15) is 0 Å². The lowest BCUT2D eigenvalue weighted by molar-refractivity contribution is -0.0378. The van der Waals surface area contributed by atoms with E-state index in [1.54, 1.807) is 0 Å². The third kappa shape index (κ3) is 5.87. The molecule has 2 saturated heterocycles. The number of benzene rings is 4. The molecule has 1 unspecified atom stereocenters. The van der Waals surface area contributed by atoms with Gasteiger partial charge in [0.1, 0.15) is 6.10 Å². The molecule has 5 atom stereocenters. The second kappa shape index (κ2) is 12.6. The van der Waals surface area contributed by atoms with Crippen LogP contribution in [0.1, 0.15) is 33.4 Å². The minimum atomic E-state index is -3.62. The van der Waals surface area contributed by atoms with Crippen LogP contribution in [0.25, 0.3) is 0 Å². The van der Waals surface area contributed by atoms with E-state index in [1.807, 2.05) is 106 Å². The predicted molar refractivity (Wildman–Crippen MR) is 162 cm³/mol. The molecule has 42 heavy (non-hydrogen) atoms. The van der Waals surface area contributed by atoms with Crippen LogP contribution in [0.5, 0.6) is 0 Å². The Bertz CT molecular complexity index is 1460. The summed E-state index contributed by atoms with van der Waals surface area (Å²) in [6.45, 7) is 0.608. The average Bonchev–Trinajstić information content (AvgIpc) is 3.28. The number of hydrogen-bond acceptors (Lipinski definition) is 5. The van der Waals surface area contributed by atoms with Crippen LogP contribution in [0.15, 0.2) is 109 Å². The summed E-state index contributed by atoms with van der Waals surface area (Å²) in [5.74, 6) is 0. The highest BCUT2D eigenvalue weighted by atomic mass is 31.2. The molecule has 2 fully saturated rings. The number of hydrogen-bond donors (Lipinski definition) is 3. The molecule has 2 aliphatic heterocycles.